The van der Waals surface area contributed by atoms with Gasteiger partial charge < -0.3 is 20.1 Å². The Morgan fingerprint density at radius 3 is 2.41 bits per heavy atom. The van der Waals surface area contributed by atoms with Gasteiger partial charge >= 0.3 is 0 Å². The van der Waals surface area contributed by atoms with Gasteiger partial charge in [-0.3, -0.25) is 4.99 Å². The van der Waals surface area contributed by atoms with Crippen molar-refractivity contribution in [3.05, 3.63) is 0 Å². The average molecular weight is 427 g/mol. The minimum Gasteiger partial charge on any atom is -0.380 e. The largest absolute Gasteiger partial charge is 0.380 e. The zero-order valence-electron chi connectivity index (χ0n) is 14.2. The second-order valence-electron chi connectivity index (χ2n) is 5.37. The van der Waals surface area contributed by atoms with Crippen LogP contribution in [0.4, 0.5) is 0 Å². The van der Waals surface area contributed by atoms with Crippen LogP contribution in [0.15, 0.2) is 4.99 Å². The zero-order chi connectivity index (χ0) is 15.2. The fourth-order valence-electron chi connectivity index (χ4n) is 2.51. The molecule has 0 aromatic rings. The molecule has 0 saturated heterocycles. The quantitative estimate of drug-likeness (QED) is 0.195. The fourth-order valence-corrected chi connectivity index (χ4v) is 2.51. The number of guanidine groups is 1. The van der Waals surface area contributed by atoms with Gasteiger partial charge in [-0.1, -0.05) is 25.7 Å². The molecular formula is C16H34IN3O2. The zero-order valence-corrected chi connectivity index (χ0v) is 16.6. The smallest absolute Gasteiger partial charge is 0.191 e. The second-order valence-corrected chi connectivity index (χ2v) is 5.37. The van der Waals surface area contributed by atoms with Crippen molar-refractivity contribution in [1.82, 2.24) is 10.6 Å². The van der Waals surface area contributed by atoms with E-state index >= 15 is 0 Å². The van der Waals surface area contributed by atoms with Gasteiger partial charge in [-0.15, -0.1) is 24.0 Å². The first kappa shape index (κ1) is 21.9. The predicted octanol–water partition coefficient (Wildman–Crippen LogP) is 2.94. The molecule has 0 unspecified atom stereocenters. The lowest BCUT2D eigenvalue weighted by Gasteiger charge is -2.15. The number of rotatable bonds is 9. The number of halogens is 1. The van der Waals surface area contributed by atoms with Gasteiger partial charge in [-0.2, -0.15) is 0 Å². The summed E-state index contributed by atoms with van der Waals surface area (Å²) in [7, 11) is 0. The normalized spacial score (nSPS) is 16.7. The molecule has 6 heteroatoms. The molecule has 0 heterocycles. The minimum atomic E-state index is 0. The van der Waals surface area contributed by atoms with E-state index in [-0.39, 0.29) is 24.0 Å². The Bertz CT molecular complexity index is 270. The third-order valence-corrected chi connectivity index (χ3v) is 3.60. The van der Waals surface area contributed by atoms with E-state index in [2.05, 4.69) is 22.5 Å². The second kappa shape index (κ2) is 15.8. The van der Waals surface area contributed by atoms with Crippen LogP contribution in [0.25, 0.3) is 0 Å². The number of hydrogen-bond acceptors (Lipinski definition) is 3. The van der Waals surface area contributed by atoms with Gasteiger partial charge in [-0.25, -0.2) is 0 Å². The van der Waals surface area contributed by atoms with E-state index in [4.69, 9.17) is 9.47 Å². The Kier molecular flexibility index (Phi) is 15.7. The first-order valence-corrected chi connectivity index (χ1v) is 8.58. The molecule has 0 bridgehead atoms. The SMILES string of the molecule is CCNC(=NCCOC1CCCCCC1)NCCOCC.I. The van der Waals surface area contributed by atoms with Crippen LogP contribution in [0.3, 0.4) is 0 Å². The molecule has 1 fully saturated rings. The summed E-state index contributed by atoms with van der Waals surface area (Å²) < 4.78 is 11.3. The van der Waals surface area contributed by atoms with Crippen molar-refractivity contribution < 1.29 is 9.47 Å². The van der Waals surface area contributed by atoms with Gasteiger partial charge in [0.05, 0.1) is 25.9 Å². The molecule has 0 atom stereocenters. The van der Waals surface area contributed by atoms with E-state index in [1.807, 2.05) is 6.92 Å². The molecule has 0 spiro atoms. The van der Waals surface area contributed by atoms with Crippen molar-refractivity contribution in [2.24, 2.45) is 4.99 Å². The molecule has 1 aliphatic carbocycles. The van der Waals surface area contributed by atoms with E-state index in [0.717, 1.165) is 25.7 Å². The van der Waals surface area contributed by atoms with Crippen LogP contribution in [-0.4, -0.2) is 51.5 Å². The highest BCUT2D eigenvalue weighted by molar-refractivity contribution is 14.0. The molecular weight excluding hydrogens is 393 g/mol. The maximum Gasteiger partial charge on any atom is 0.191 e. The van der Waals surface area contributed by atoms with Crippen LogP contribution in [0.5, 0.6) is 0 Å². The van der Waals surface area contributed by atoms with E-state index in [1.165, 1.54) is 38.5 Å². The van der Waals surface area contributed by atoms with E-state index in [9.17, 15) is 0 Å². The van der Waals surface area contributed by atoms with E-state index < -0.39 is 0 Å². The molecule has 0 aromatic heterocycles. The third kappa shape index (κ3) is 11.5. The van der Waals surface area contributed by atoms with E-state index in [1.54, 1.807) is 0 Å². The summed E-state index contributed by atoms with van der Waals surface area (Å²) in [5, 5.41) is 6.50. The van der Waals surface area contributed by atoms with Crippen molar-refractivity contribution in [2.45, 2.75) is 58.5 Å². The molecule has 0 radical (unpaired) electrons. The lowest BCUT2D eigenvalue weighted by atomic mass is 10.1. The highest BCUT2D eigenvalue weighted by Gasteiger charge is 2.11. The van der Waals surface area contributed by atoms with Crippen molar-refractivity contribution >= 4 is 29.9 Å². The fraction of sp³-hybridized carbons (Fsp3) is 0.938. The standard InChI is InChI=1S/C16H33N3O2.HI/c1-3-17-16(18-11-13-20-4-2)19-12-14-21-15-9-7-5-6-8-10-15;/h15H,3-14H2,1-2H3,(H2,17,18,19);1H. The molecule has 2 N–H and O–H groups in total. The Morgan fingerprint density at radius 2 is 1.77 bits per heavy atom. The molecule has 0 aromatic carbocycles. The third-order valence-electron chi connectivity index (χ3n) is 3.60. The topological polar surface area (TPSA) is 54.9 Å². The van der Waals surface area contributed by atoms with Crippen molar-refractivity contribution in [2.75, 3.05) is 39.5 Å². The van der Waals surface area contributed by atoms with Crippen LogP contribution in [0, 0.1) is 0 Å². The molecule has 22 heavy (non-hydrogen) atoms. The molecule has 1 rings (SSSR count). The Hall–Kier alpha value is -0.0800. The summed E-state index contributed by atoms with van der Waals surface area (Å²) in [6, 6.07) is 0. The predicted molar refractivity (Wildman–Crippen MR) is 103 cm³/mol. The van der Waals surface area contributed by atoms with Crippen molar-refractivity contribution in [3.63, 3.8) is 0 Å². The number of aliphatic imine (C=N–C) groups is 1. The number of nitrogens with zero attached hydrogens (tertiary/aromatic N) is 1. The Balaban J connectivity index is 0.00000441. The molecule has 132 valence electrons. The van der Waals surface area contributed by atoms with Crippen molar-refractivity contribution in [1.29, 1.82) is 0 Å². The summed E-state index contributed by atoms with van der Waals surface area (Å²) in [6.45, 7) is 8.61. The van der Waals surface area contributed by atoms with Gasteiger partial charge in [0.2, 0.25) is 0 Å². The molecule has 1 aliphatic rings. The highest BCUT2D eigenvalue weighted by atomic mass is 127. The summed E-state index contributed by atoms with van der Waals surface area (Å²) in [6.07, 6.45) is 8.26. The Morgan fingerprint density at radius 1 is 1.05 bits per heavy atom. The van der Waals surface area contributed by atoms with Gasteiger partial charge in [0.15, 0.2) is 5.96 Å². The summed E-state index contributed by atoms with van der Waals surface area (Å²) >= 11 is 0. The van der Waals surface area contributed by atoms with Crippen LogP contribution in [0.2, 0.25) is 0 Å². The van der Waals surface area contributed by atoms with Gasteiger partial charge in [0.25, 0.3) is 0 Å². The van der Waals surface area contributed by atoms with Crippen LogP contribution >= 0.6 is 24.0 Å². The summed E-state index contributed by atoms with van der Waals surface area (Å²) in [4.78, 5) is 4.53. The number of hydrogen-bond donors (Lipinski definition) is 2. The molecule has 0 amide bonds. The highest BCUT2D eigenvalue weighted by Crippen LogP contribution is 2.19. The summed E-state index contributed by atoms with van der Waals surface area (Å²) in [5.41, 5.74) is 0. The average Bonchev–Trinajstić information content (AvgIpc) is 2.76. The molecule has 5 nitrogen and oxygen atoms in total. The van der Waals surface area contributed by atoms with Gasteiger partial charge in [-0.05, 0) is 26.7 Å². The maximum absolute atomic E-state index is 5.95. The monoisotopic (exact) mass is 427 g/mol. The molecule has 1 saturated carbocycles. The Labute approximate surface area is 153 Å². The van der Waals surface area contributed by atoms with Crippen LogP contribution in [0.1, 0.15) is 52.4 Å². The minimum absolute atomic E-state index is 0. The maximum atomic E-state index is 5.95. The lowest BCUT2D eigenvalue weighted by molar-refractivity contribution is 0.0487. The number of ether oxygens (including phenoxy) is 2. The first-order valence-electron chi connectivity index (χ1n) is 8.58. The lowest BCUT2D eigenvalue weighted by Crippen LogP contribution is -2.39. The van der Waals surface area contributed by atoms with Crippen LogP contribution in [-0.2, 0) is 9.47 Å². The van der Waals surface area contributed by atoms with Crippen LogP contribution < -0.4 is 10.6 Å². The first-order chi connectivity index (χ1) is 10.4. The molecule has 0 aliphatic heterocycles. The van der Waals surface area contributed by atoms with Gasteiger partial charge in [0.1, 0.15) is 0 Å². The van der Waals surface area contributed by atoms with E-state index in [0.29, 0.717) is 25.9 Å². The van der Waals surface area contributed by atoms with Crippen molar-refractivity contribution in [3.8, 4) is 0 Å². The summed E-state index contributed by atoms with van der Waals surface area (Å²) in [5.74, 6) is 0.849. The van der Waals surface area contributed by atoms with Gasteiger partial charge in [0, 0.05) is 19.7 Å². The number of nitrogens with one attached hydrogen (secondary N) is 2.